The molecule has 0 amide bonds. The molecule has 0 atom stereocenters. The summed E-state index contributed by atoms with van der Waals surface area (Å²) >= 11 is 0. The maximum atomic E-state index is 13.5. The lowest BCUT2D eigenvalue weighted by Gasteiger charge is -2.23. The van der Waals surface area contributed by atoms with Crippen molar-refractivity contribution in [2.24, 2.45) is 0 Å². The number of hydrogen-bond acceptors (Lipinski definition) is 2. The maximum Gasteiger partial charge on any atom is 0.423 e. The van der Waals surface area contributed by atoms with Crippen molar-refractivity contribution in [3.63, 3.8) is 0 Å². The Morgan fingerprint density at radius 1 is 1.10 bits per heavy atom. The van der Waals surface area contributed by atoms with Crippen molar-refractivity contribution >= 4 is 0 Å². The molecule has 0 spiro atoms. The second-order valence-electron chi connectivity index (χ2n) is 3.66. The van der Waals surface area contributed by atoms with Gasteiger partial charge in [-0.15, -0.1) is 0 Å². The number of benzene rings is 1. The van der Waals surface area contributed by atoms with E-state index in [2.05, 4.69) is 4.74 Å². The molecule has 0 fully saturated rings. The normalized spacial score (nSPS) is 12.6. The topological polar surface area (TPSA) is 33.0 Å². The van der Waals surface area contributed by atoms with E-state index in [0.717, 1.165) is 18.2 Å². The molecule has 0 aliphatic rings. The minimum atomic E-state index is -5.67. The first-order valence-electron chi connectivity index (χ1n) is 5.00. The quantitative estimate of drug-likeness (QED) is 0.797. The molecular formula is C11H6F7NO. The van der Waals surface area contributed by atoms with Crippen molar-refractivity contribution in [2.45, 2.75) is 25.1 Å². The summed E-state index contributed by atoms with van der Waals surface area (Å²) in [6.07, 6.45) is -15.3. The first-order chi connectivity index (χ1) is 9.07. The van der Waals surface area contributed by atoms with Gasteiger partial charge in [-0.3, -0.25) is 0 Å². The lowest BCUT2D eigenvalue weighted by Crippen LogP contribution is -2.44. The molecule has 0 bridgehead atoms. The Morgan fingerprint density at radius 2 is 1.65 bits per heavy atom. The van der Waals surface area contributed by atoms with E-state index in [1.54, 1.807) is 0 Å². The zero-order valence-corrected chi connectivity index (χ0v) is 9.52. The number of rotatable bonds is 3. The minimum absolute atomic E-state index is 0.498. The Morgan fingerprint density at radius 3 is 2.10 bits per heavy atom. The Bertz CT molecular complexity index is 501. The van der Waals surface area contributed by atoms with Crippen molar-refractivity contribution in [2.75, 3.05) is 0 Å². The lowest BCUT2D eigenvalue weighted by atomic mass is 10.1. The first-order valence-corrected chi connectivity index (χ1v) is 5.00. The van der Waals surface area contributed by atoms with Gasteiger partial charge in [0.25, 0.3) is 0 Å². The number of hydrogen-bond donors (Lipinski definition) is 0. The summed E-state index contributed by atoms with van der Waals surface area (Å²) in [6, 6.07) is 4.49. The van der Waals surface area contributed by atoms with E-state index in [9.17, 15) is 30.7 Å². The first kappa shape index (κ1) is 16.2. The molecule has 0 aliphatic carbocycles. The highest BCUT2D eigenvalue weighted by Gasteiger charge is 2.58. The number of alkyl halides is 6. The van der Waals surface area contributed by atoms with Crippen LogP contribution in [0.25, 0.3) is 0 Å². The maximum absolute atomic E-state index is 13.5. The number of nitriles is 1. The van der Waals surface area contributed by atoms with Gasteiger partial charge < -0.3 is 4.74 Å². The van der Waals surface area contributed by atoms with Gasteiger partial charge in [-0.05, 0) is 6.07 Å². The molecule has 9 heteroatoms. The summed E-state index contributed by atoms with van der Waals surface area (Å²) in [7, 11) is 0. The molecule has 0 radical (unpaired) electrons. The molecule has 1 aromatic carbocycles. The van der Waals surface area contributed by atoms with Gasteiger partial charge in [0.1, 0.15) is 11.9 Å². The third-order valence-electron chi connectivity index (χ3n) is 2.20. The average Bonchev–Trinajstić information content (AvgIpc) is 2.28. The minimum Gasteiger partial charge on any atom is -0.356 e. The monoisotopic (exact) mass is 301 g/mol. The molecule has 20 heavy (non-hydrogen) atoms. The highest BCUT2D eigenvalue weighted by molar-refractivity contribution is 5.34. The van der Waals surface area contributed by atoms with Gasteiger partial charge in [0, 0.05) is 5.56 Å². The average molecular weight is 301 g/mol. The van der Waals surface area contributed by atoms with Gasteiger partial charge in [-0.25, -0.2) is 4.39 Å². The molecule has 1 rings (SSSR count). The predicted molar refractivity (Wildman–Crippen MR) is 51.8 cm³/mol. The van der Waals surface area contributed by atoms with Crippen LogP contribution in [0.15, 0.2) is 18.2 Å². The molecule has 0 saturated heterocycles. The van der Waals surface area contributed by atoms with Crippen LogP contribution in [0.1, 0.15) is 11.1 Å². The van der Waals surface area contributed by atoms with Crippen LogP contribution in [0.5, 0.6) is 0 Å². The Balaban J connectivity index is 2.93. The van der Waals surface area contributed by atoms with Gasteiger partial charge >= 0.3 is 12.4 Å². The van der Waals surface area contributed by atoms with Crippen molar-refractivity contribution in [1.82, 2.24) is 0 Å². The smallest absolute Gasteiger partial charge is 0.356 e. The van der Waals surface area contributed by atoms with E-state index in [1.165, 1.54) is 6.07 Å². The summed E-state index contributed by atoms with van der Waals surface area (Å²) < 4.78 is 90.2. The van der Waals surface area contributed by atoms with Crippen molar-refractivity contribution in [3.05, 3.63) is 35.1 Å². The van der Waals surface area contributed by atoms with Crippen LogP contribution in [-0.2, 0) is 11.3 Å². The van der Waals surface area contributed by atoms with E-state index in [1.807, 2.05) is 0 Å². The molecular weight excluding hydrogens is 295 g/mol. The Hall–Kier alpha value is -1.82. The van der Waals surface area contributed by atoms with Crippen LogP contribution in [0.3, 0.4) is 0 Å². The van der Waals surface area contributed by atoms with E-state index >= 15 is 0 Å². The third kappa shape index (κ3) is 3.84. The molecule has 0 unspecified atom stereocenters. The van der Waals surface area contributed by atoms with Gasteiger partial charge in [-0.2, -0.15) is 31.6 Å². The van der Waals surface area contributed by atoms with E-state index < -0.39 is 42.0 Å². The lowest BCUT2D eigenvalue weighted by molar-refractivity contribution is -0.324. The van der Waals surface area contributed by atoms with Crippen molar-refractivity contribution < 1.29 is 35.5 Å². The zero-order valence-electron chi connectivity index (χ0n) is 9.52. The van der Waals surface area contributed by atoms with Crippen LogP contribution in [-0.4, -0.2) is 18.5 Å². The molecule has 0 N–H and O–H groups in total. The standard InChI is InChI=1S/C11H6F7NO/c12-8-6(4-19)2-1-3-7(8)5-20-9(10(13,14)15)11(16,17)18/h1-3,9H,5H2. The SMILES string of the molecule is N#Cc1cccc(COC(C(F)(F)F)C(F)(F)F)c1F. The fraction of sp³-hybridized carbons (Fsp3) is 0.364. The number of ether oxygens (including phenoxy) is 1. The fourth-order valence-corrected chi connectivity index (χ4v) is 1.33. The number of nitrogens with zero attached hydrogens (tertiary/aromatic N) is 1. The Kier molecular flexibility index (Phi) is 4.60. The molecule has 110 valence electrons. The number of halogens is 7. The Labute approximate surface area is 108 Å². The molecule has 0 aromatic heterocycles. The van der Waals surface area contributed by atoms with Crippen LogP contribution in [0, 0.1) is 17.1 Å². The van der Waals surface area contributed by atoms with E-state index in [-0.39, 0.29) is 0 Å². The van der Waals surface area contributed by atoms with Crippen molar-refractivity contribution in [3.8, 4) is 6.07 Å². The fourth-order valence-electron chi connectivity index (χ4n) is 1.33. The molecule has 1 aromatic rings. The zero-order chi connectivity index (χ0) is 15.6. The largest absolute Gasteiger partial charge is 0.423 e. The molecule has 0 saturated carbocycles. The molecule has 0 heterocycles. The second-order valence-corrected chi connectivity index (χ2v) is 3.66. The van der Waals surface area contributed by atoms with Crippen molar-refractivity contribution in [1.29, 1.82) is 5.26 Å². The summed E-state index contributed by atoms with van der Waals surface area (Å²) in [5, 5.41) is 8.49. The second kappa shape index (κ2) is 5.66. The summed E-state index contributed by atoms with van der Waals surface area (Å²) in [5.41, 5.74) is -1.07. The van der Waals surface area contributed by atoms with E-state index in [0.29, 0.717) is 0 Å². The van der Waals surface area contributed by atoms with Gasteiger partial charge in [0.15, 0.2) is 0 Å². The highest BCUT2D eigenvalue weighted by Crippen LogP contribution is 2.36. The highest BCUT2D eigenvalue weighted by atomic mass is 19.4. The van der Waals surface area contributed by atoms with Crippen LogP contribution < -0.4 is 0 Å². The summed E-state index contributed by atoms with van der Waals surface area (Å²) in [6.45, 7) is -1.26. The van der Waals surface area contributed by atoms with Gasteiger partial charge in [-0.1, -0.05) is 12.1 Å². The van der Waals surface area contributed by atoms with Crippen LogP contribution >= 0.6 is 0 Å². The van der Waals surface area contributed by atoms with Crippen LogP contribution in [0.4, 0.5) is 30.7 Å². The molecule has 2 nitrogen and oxygen atoms in total. The predicted octanol–water partition coefficient (Wildman–Crippen LogP) is 3.71. The summed E-state index contributed by atoms with van der Waals surface area (Å²) in [4.78, 5) is 0. The van der Waals surface area contributed by atoms with Crippen LogP contribution in [0.2, 0.25) is 0 Å². The van der Waals surface area contributed by atoms with Gasteiger partial charge in [0.05, 0.1) is 12.2 Å². The van der Waals surface area contributed by atoms with E-state index in [4.69, 9.17) is 5.26 Å². The molecule has 0 aliphatic heterocycles. The van der Waals surface area contributed by atoms with Gasteiger partial charge in [0.2, 0.25) is 6.10 Å². The summed E-state index contributed by atoms with van der Waals surface area (Å²) in [5.74, 6) is -1.21. The third-order valence-corrected chi connectivity index (χ3v) is 2.20.